The Hall–Kier alpha value is -3.88. The van der Waals surface area contributed by atoms with Crippen LogP contribution >= 0.6 is 0 Å². The van der Waals surface area contributed by atoms with Crippen LogP contribution in [-0.4, -0.2) is 42.8 Å². The molecule has 1 aromatic heterocycles. The molecule has 0 bridgehead atoms. The number of ether oxygens (including phenoxy) is 2. The number of nitrogens with zero attached hydrogens (tertiary/aromatic N) is 3. The van der Waals surface area contributed by atoms with E-state index in [0.717, 1.165) is 5.69 Å². The van der Waals surface area contributed by atoms with Gasteiger partial charge >= 0.3 is 6.01 Å². The van der Waals surface area contributed by atoms with Crippen LogP contribution in [0.4, 0.5) is 11.7 Å². The molecule has 1 aliphatic heterocycles. The second kappa shape index (κ2) is 8.24. The van der Waals surface area contributed by atoms with Gasteiger partial charge in [-0.15, -0.1) is 5.10 Å². The zero-order valence-corrected chi connectivity index (χ0v) is 16.5. The number of carbonyl (C=O) groups is 2. The Morgan fingerprint density at radius 3 is 2.60 bits per heavy atom. The van der Waals surface area contributed by atoms with Crippen LogP contribution in [0.5, 0.6) is 11.5 Å². The minimum absolute atomic E-state index is 0.0136. The van der Waals surface area contributed by atoms with E-state index in [9.17, 15) is 9.59 Å². The molecule has 154 valence electrons. The third kappa shape index (κ3) is 3.82. The summed E-state index contributed by atoms with van der Waals surface area (Å²) in [6, 6.07) is 14.2. The first-order valence-electron chi connectivity index (χ1n) is 9.31. The lowest BCUT2D eigenvalue weighted by atomic mass is 10.1. The molecule has 0 spiro atoms. The van der Waals surface area contributed by atoms with Crippen LogP contribution in [0.1, 0.15) is 28.6 Å². The number of hydrogen-bond acceptors (Lipinski definition) is 7. The molecule has 0 saturated carbocycles. The first-order chi connectivity index (χ1) is 14.6. The smallest absolute Gasteiger partial charge is 0.322 e. The van der Waals surface area contributed by atoms with Crippen molar-refractivity contribution in [1.82, 2.24) is 10.2 Å². The Kier molecular flexibility index (Phi) is 5.34. The van der Waals surface area contributed by atoms with Gasteiger partial charge < -0.3 is 18.8 Å². The van der Waals surface area contributed by atoms with Crippen molar-refractivity contribution in [2.24, 2.45) is 0 Å². The topological polar surface area (TPSA) is 107 Å². The SMILES string of the molecule is COc1ccc(C(=O)Nc2nnc(C3CC(=O)N(c4ccccc4)C3)o2)cc1OC. The molecule has 0 aliphatic carbocycles. The van der Waals surface area contributed by atoms with E-state index in [1.54, 1.807) is 23.1 Å². The molecule has 2 amide bonds. The lowest BCUT2D eigenvalue weighted by molar-refractivity contribution is -0.117. The average Bonchev–Trinajstić information content (AvgIpc) is 3.40. The maximum absolute atomic E-state index is 12.5. The predicted octanol–water partition coefficient (Wildman–Crippen LogP) is 2.86. The fraction of sp³-hybridized carbons (Fsp3) is 0.238. The molecule has 2 heterocycles. The minimum Gasteiger partial charge on any atom is -0.493 e. The monoisotopic (exact) mass is 408 g/mol. The van der Waals surface area contributed by atoms with Crippen molar-refractivity contribution in [3.63, 3.8) is 0 Å². The minimum atomic E-state index is -0.431. The summed E-state index contributed by atoms with van der Waals surface area (Å²) in [6.07, 6.45) is 0.264. The number of carbonyl (C=O) groups excluding carboxylic acids is 2. The van der Waals surface area contributed by atoms with Gasteiger partial charge in [0.25, 0.3) is 5.91 Å². The van der Waals surface area contributed by atoms with Gasteiger partial charge in [0.2, 0.25) is 11.8 Å². The van der Waals surface area contributed by atoms with Crippen LogP contribution in [0.3, 0.4) is 0 Å². The van der Waals surface area contributed by atoms with Crippen molar-refractivity contribution in [2.45, 2.75) is 12.3 Å². The summed E-state index contributed by atoms with van der Waals surface area (Å²) < 4.78 is 16.0. The fourth-order valence-electron chi connectivity index (χ4n) is 3.33. The zero-order valence-electron chi connectivity index (χ0n) is 16.5. The molecule has 3 aromatic rings. The number of benzene rings is 2. The van der Waals surface area contributed by atoms with Crippen molar-refractivity contribution in [3.8, 4) is 11.5 Å². The number of anilines is 2. The number of rotatable bonds is 6. The molecule has 1 unspecified atom stereocenters. The Morgan fingerprint density at radius 1 is 1.10 bits per heavy atom. The van der Waals surface area contributed by atoms with Gasteiger partial charge in [0.1, 0.15) is 0 Å². The molecule has 4 rings (SSSR count). The van der Waals surface area contributed by atoms with E-state index >= 15 is 0 Å². The van der Waals surface area contributed by atoms with Gasteiger partial charge in [0, 0.05) is 24.2 Å². The maximum atomic E-state index is 12.5. The lowest BCUT2D eigenvalue weighted by Gasteiger charge is -2.15. The third-order valence-electron chi connectivity index (χ3n) is 4.85. The molecule has 1 N–H and O–H groups in total. The Bertz CT molecular complexity index is 1070. The molecule has 1 atom stereocenters. The second-order valence-electron chi connectivity index (χ2n) is 6.71. The van der Waals surface area contributed by atoms with Gasteiger partial charge in [-0.2, -0.15) is 0 Å². The highest BCUT2D eigenvalue weighted by Crippen LogP contribution is 2.32. The van der Waals surface area contributed by atoms with E-state index in [2.05, 4.69) is 15.5 Å². The van der Waals surface area contributed by atoms with Gasteiger partial charge in [-0.05, 0) is 30.3 Å². The van der Waals surface area contributed by atoms with E-state index < -0.39 is 5.91 Å². The maximum Gasteiger partial charge on any atom is 0.322 e. The van der Waals surface area contributed by atoms with E-state index in [-0.39, 0.29) is 24.3 Å². The largest absolute Gasteiger partial charge is 0.493 e. The molecule has 2 aromatic carbocycles. The lowest BCUT2D eigenvalue weighted by Crippen LogP contribution is -2.24. The van der Waals surface area contributed by atoms with Crippen LogP contribution in [0, 0.1) is 0 Å². The van der Waals surface area contributed by atoms with E-state index in [1.807, 2.05) is 30.3 Å². The van der Waals surface area contributed by atoms with Crippen LogP contribution in [0.25, 0.3) is 0 Å². The Morgan fingerprint density at radius 2 is 1.87 bits per heavy atom. The molecule has 9 nitrogen and oxygen atoms in total. The van der Waals surface area contributed by atoms with E-state index in [0.29, 0.717) is 29.5 Å². The number of aromatic nitrogens is 2. The molecule has 9 heteroatoms. The van der Waals surface area contributed by atoms with Crippen LogP contribution in [0.15, 0.2) is 52.9 Å². The third-order valence-corrected chi connectivity index (χ3v) is 4.85. The number of para-hydroxylation sites is 1. The van der Waals surface area contributed by atoms with Gasteiger partial charge in [0.15, 0.2) is 11.5 Å². The number of amides is 2. The molecule has 30 heavy (non-hydrogen) atoms. The quantitative estimate of drug-likeness (QED) is 0.668. The molecule has 0 radical (unpaired) electrons. The fourth-order valence-corrected chi connectivity index (χ4v) is 3.33. The van der Waals surface area contributed by atoms with E-state index in [4.69, 9.17) is 13.9 Å². The van der Waals surface area contributed by atoms with Gasteiger partial charge in [-0.3, -0.25) is 14.9 Å². The Labute approximate surface area is 172 Å². The molecule has 1 aliphatic rings. The molecular weight excluding hydrogens is 388 g/mol. The van der Waals surface area contributed by atoms with Crippen molar-refractivity contribution in [3.05, 3.63) is 60.0 Å². The summed E-state index contributed by atoms with van der Waals surface area (Å²) in [6.45, 7) is 0.439. The number of nitrogens with one attached hydrogen (secondary N) is 1. The summed E-state index contributed by atoms with van der Waals surface area (Å²) in [7, 11) is 3.01. The summed E-state index contributed by atoms with van der Waals surface area (Å²) in [5, 5.41) is 10.5. The highest BCUT2D eigenvalue weighted by molar-refractivity contribution is 6.03. The second-order valence-corrected chi connectivity index (χ2v) is 6.71. The van der Waals surface area contributed by atoms with Crippen LogP contribution in [-0.2, 0) is 4.79 Å². The van der Waals surface area contributed by atoms with Gasteiger partial charge in [0.05, 0.1) is 20.1 Å². The molecular formula is C21H20N4O5. The van der Waals surface area contributed by atoms with Gasteiger partial charge in [-0.25, -0.2) is 0 Å². The summed E-state index contributed by atoms with van der Waals surface area (Å²) in [5.74, 6) is 0.575. The normalized spacial score (nSPS) is 15.9. The summed E-state index contributed by atoms with van der Waals surface area (Å²) in [4.78, 5) is 26.6. The molecule has 1 fully saturated rings. The van der Waals surface area contributed by atoms with Crippen LogP contribution in [0.2, 0.25) is 0 Å². The number of hydrogen-bond donors (Lipinski definition) is 1. The van der Waals surface area contributed by atoms with Crippen molar-refractivity contribution in [2.75, 3.05) is 31.0 Å². The Balaban J connectivity index is 1.45. The van der Waals surface area contributed by atoms with Crippen molar-refractivity contribution < 1.29 is 23.5 Å². The standard InChI is InChI=1S/C21H20N4O5/c1-28-16-9-8-13(10-17(16)29-2)19(27)22-21-24-23-20(30-21)14-11-18(26)25(12-14)15-6-4-3-5-7-15/h3-10,14H,11-12H2,1-2H3,(H,22,24,27). The zero-order chi connectivity index (χ0) is 21.1. The molecule has 1 saturated heterocycles. The van der Waals surface area contributed by atoms with Crippen molar-refractivity contribution >= 4 is 23.5 Å². The average molecular weight is 408 g/mol. The first-order valence-corrected chi connectivity index (χ1v) is 9.31. The number of methoxy groups -OCH3 is 2. The summed E-state index contributed by atoms with van der Waals surface area (Å²) in [5.41, 5.74) is 1.17. The highest BCUT2D eigenvalue weighted by Gasteiger charge is 2.35. The van der Waals surface area contributed by atoms with Gasteiger partial charge in [-0.1, -0.05) is 23.3 Å². The van der Waals surface area contributed by atoms with Crippen LogP contribution < -0.4 is 19.7 Å². The summed E-state index contributed by atoms with van der Waals surface area (Å²) >= 11 is 0. The predicted molar refractivity (Wildman–Crippen MR) is 108 cm³/mol. The van der Waals surface area contributed by atoms with E-state index in [1.165, 1.54) is 14.2 Å². The first kappa shape index (κ1) is 19.4. The highest BCUT2D eigenvalue weighted by atomic mass is 16.5. The van der Waals surface area contributed by atoms with Crippen molar-refractivity contribution in [1.29, 1.82) is 0 Å².